The smallest absolute Gasteiger partial charge is 0.306 e. The fraction of sp³-hybridized carbons (Fsp3) is 0.500. The van der Waals surface area contributed by atoms with Gasteiger partial charge in [0.15, 0.2) is 0 Å². The van der Waals surface area contributed by atoms with Gasteiger partial charge in [-0.05, 0) is 18.1 Å². The largest absolute Gasteiger partial charge is 0.466 e. The molecule has 0 radical (unpaired) electrons. The van der Waals surface area contributed by atoms with Gasteiger partial charge in [-0.3, -0.25) is 9.59 Å². The van der Waals surface area contributed by atoms with Gasteiger partial charge < -0.3 is 4.74 Å². The SMILES string of the molecule is CCOC(=O)C[C@@H]1c2ccccc2CC(=O)C1(C)C. The van der Waals surface area contributed by atoms with Crippen molar-refractivity contribution in [3.8, 4) is 0 Å². The molecule has 0 heterocycles. The van der Waals surface area contributed by atoms with Crippen LogP contribution >= 0.6 is 0 Å². The first kappa shape index (κ1) is 13.8. The minimum atomic E-state index is -0.513. The van der Waals surface area contributed by atoms with Gasteiger partial charge in [0.05, 0.1) is 13.0 Å². The zero-order valence-electron chi connectivity index (χ0n) is 11.7. The van der Waals surface area contributed by atoms with E-state index in [1.807, 2.05) is 38.1 Å². The maximum Gasteiger partial charge on any atom is 0.306 e. The van der Waals surface area contributed by atoms with Crippen LogP contribution in [0.25, 0.3) is 0 Å². The lowest BCUT2D eigenvalue weighted by Crippen LogP contribution is -2.38. The highest BCUT2D eigenvalue weighted by atomic mass is 16.5. The summed E-state index contributed by atoms with van der Waals surface area (Å²) < 4.78 is 5.04. The molecule has 102 valence electrons. The van der Waals surface area contributed by atoms with Crippen LogP contribution in [0.15, 0.2) is 24.3 Å². The van der Waals surface area contributed by atoms with E-state index >= 15 is 0 Å². The standard InChI is InChI=1S/C16H20O3/c1-4-19-15(18)10-13-12-8-6-5-7-11(12)9-14(17)16(13,2)3/h5-8,13H,4,9-10H2,1-3H3/t13-/m1/s1. The first-order valence-electron chi connectivity index (χ1n) is 6.73. The average molecular weight is 260 g/mol. The summed E-state index contributed by atoms with van der Waals surface area (Å²) in [5.74, 6) is -0.130. The molecule has 1 atom stereocenters. The summed E-state index contributed by atoms with van der Waals surface area (Å²) in [6, 6.07) is 7.89. The number of ether oxygens (including phenoxy) is 1. The van der Waals surface area contributed by atoms with Crippen LogP contribution in [0.1, 0.15) is 44.2 Å². The first-order valence-corrected chi connectivity index (χ1v) is 6.73. The number of hydrogen-bond acceptors (Lipinski definition) is 3. The molecular formula is C16H20O3. The average Bonchev–Trinajstić information content (AvgIpc) is 2.36. The third kappa shape index (κ3) is 2.55. The van der Waals surface area contributed by atoms with E-state index in [1.54, 1.807) is 6.92 Å². The van der Waals surface area contributed by atoms with Crippen molar-refractivity contribution in [2.75, 3.05) is 6.61 Å². The van der Waals surface area contributed by atoms with Crippen LogP contribution in [0.3, 0.4) is 0 Å². The van der Waals surface area contributed by atoms with E-state index in [0.29, 0.717) is 13.0 Å². The molecular weight excluding hydrogens is 240 g/mol. The Morgan fingerprint density at radius 1 is 1.37 bits per heavy atom. The third-order valence-corrected chi connectivity index (χ3v) is 4.05. The minimum absolute atomic E-state index is 0.0935. The Morgan fingerprint density at radius 2 is 2.05 bits per heavy atom. The quantitative estimate of drug-likeness (QED) is 0.785. The summed E-state index contributed by atoms with van der Waals surface area (Å²) in [5, 5.41) is 0. The molecule has 0 saturated carbocycles. The summed E-state index contributed by atoms with van der Waals surface area (Å²) in [6.45, 7) is 6.02. The van der Waals surface area contributed by atoms with Crippen molar-refractivity contribution in [2.24, 2.45) is 5.41 Å². The van der Waals surface area contributed by atoms with Crippen molar-refractivity contribution in [2.45, 2.75) is 39.5 Å². The monoisotopic (exact) mass is 260 g/mol. The summed E-state index contributed by atoms with van der Waals surface area (Å²) in [5.41, 5.74) is 1.64. The summed E-state index contributed by atoms with van der Waals surface area (Å²) >= 11 is 0. The Bertz CT molecular complexity index is 502. The minimum Gasteiger partial charge on any atom is -0.466 e. The van der Waals surface area contributed by atoms with Gasteiger partial charge in [0.1, 0.15) is 5.78 Å². The lowest BCUT2D eigenvalue weighted by molar-refractivity contribution is -0.145. The molecule has 1 aromatic carbocycles. The predicted molar refractivity (Wildman–Crippen MR) is 72.9 cm³/mol. The molecule has 0 amide bonds. The molecule has 1 aliphatic carbocycles. The van der Waals surface area contributed by atoms with E-state index in [0.717, 1.165) is 11.1 Å². The van der Waals surface area contributed by atoms with Gasteiger partial charge >= 0.3 is 5.97 Å². The molecule has 0 spiro atoms. The Labute approximate surface area is 114 Å². The van der Waals surface area contributed by atoms with Crippen LogP contribution < -0.4 is 0 Å². The number of Topliss-reactive ketones (excluding diaryl/α,β-unsaturated/α-hetero) is 1. The molecule has 0 fully saturated rings. The maximum atomic E-state index is 12.3. The van der Waals surface area contributed by atoms with Crippen LogP contribution in [0.2, 0.25) is 0 Å². The van der Waals surface area contributed by atoms with E-state index < -0.39 is 5.41 Å². The van der Waals surface area contributed by atoms with Gasteiger partial charge in [0.2, 0.25) is 0 Å². The van der Waals surface area contributed by atoms with Crippen molar-refractivity contribution in [3.05, 3.63) is 35.4 Å². The highest BCUT2D eigenvalue weighted by molar-refractivity contribution is 5.90. The fourth-order valence-corrected chi connectivity index (χ4v) is 2.77. The number of hydrogen-bond donors (Lipinski definition) is 0. The lowest BCUT2D eigenvalue weighted by Gasteiger charge is -2.38. The zero-order chi connectivity index (χ0) is 14.0. The van der Waals surface area contributed by atoms with Crippen molar-refractivity contribution in [3.63, 3.8) is 0 Å². The zero-order valence-corrected chi connectivity index (χ0v) is 11.7. The Balaban J connectivity index is 2.37. The number of carbonyl (C=O) groups is 2. The number of rotatable bonds is 3. The second-order valence-electron chi connectivity index (χ2n) is 5.58. The second kappa shape index (κ2) is 5.16. The second-order valence-corrected chi connectivity index (χ2v) is 5.58. The molecule has 0 N–H and O–H groups in total. The predicted octanol–water partition coefficient (Wildman–Crippen LogP) is 2.87. The number of benzene rings is 1. The van der Waals surface area contributed by atoms with Gasteiger partial charge in [-0.25, -0.2) is 0 Å². The maximum absolute atomic E-state index is 12.3. The van der Waals surface area contributed by atoms with Crippen LogP contribution in [-0.4, -0.2) is 18.4 Å². The normalized spacial score (nSPS) is 20.8. The van der Waals surface area contributed by atoms with E-state index in [-0.39, 0.29) is 24.1 Å². The molecule has 19 heavy (non-hydrogen) atoms. The molecule has 0 aliphatic heterocycles. The van der Waals surface area contributed by atoms with Gasteiger partial charge in [0.25, 0.3) is 0 Å². The topological polar surface area (TPSA) is 43.4 Å². The lowest BCUT2D eigenvalue weighted by atomic mass is 9.64. The number of fused-ring (bicyclic) bond motifs is 1. The Kier molecular flexibility index (Phi) is 3.74. The summed E-state index contributed by atoms with van der Waals surface area (Å²) in [7, 11) is 0. The Hall–Kier alpha value is -1.64. The molecule has 0 saturated heterocycles. The highest BCUT2D eigenvalue weighted by Gasteiger charge is 2.43. The number of carbonyl (C=O) groups excluding carboxylic acids is 2. The van der Waals surface area contributed by atoms with Gasteiger partial charge in [-0.2, -0.15) is 0 Å². The third-order valence-electron chi connectivity index (χ3n) is 4.05. The molecule has 0 aromatic heterocycles. The fourth-order valence-electron chi connectivity index (χ4n) is 2.77. The molecule has 1 aromatic rings. The van der Waals surface area contributed by atoms with Crippen molar-refractivity contribution in [1.29, 1.82) is 0 Å². The number of esters is 1. The first-order chi connectivity index (χ1) is 8.96. The number of ketones is 1. The molecule has 2 rings (SSSR count). The Morgan fingerprint density at radius 3 is 2.74 bits per heavy atom. The molecule has 1 aliphatic rings. The molecule has 3 heteroatoms. The van der Waals surface area contributed by atoms with Gasteiger partial charge in [0, 0.05) is 17.8 Å². The molecule has 3 nitrogen and oxygen atoms in total. The molecule has 0 unspecified atom stereocenters. The van der Waals surface area contributed by atoms with Crippen LogP contribution in [0, 0.1) is 5.41 Å². The van der Waals surface area contributed by atoms with Crippen LogP contribution in [0.4, 0.5) is 0 Å². The van der Waals surface area contributed by atoms with Crippen molar-refractivity contribution < 1.29 is 14.3 Å². The van der Waals surface area contributed by atoms with E-state index in [1.165, 1.54) is 0 Å². The summed E-state index contributed by atoms with van der Waals surface area (Å²) in [4.78, 5) is 24.1. The van der Waals surface area contributed by atoms with E-state index in [4.69, 9.17) is 4.74 Å². The van der Waals surface area contributed by atoms with Crippen molar-refractivity contribution >= 4 is 11.8 Å². The van der Waals surface area contributed by atoms with Crippen LogP contribution in [0.5, 0.6) is 0 Å². The van der Waals surface area contributed by atoms with Crippen molar-refractivity contribution in [1.82, 2.24) is 0 Å². The summed E-state index contributed by atoms with van der Waals surface area (Å²) in [6.07, 6.45) is 0.728. The van der Waals surface area contributed by atoms with Gasteiger partial charge in [-0.1, -0.05) is 38.1 Å². The van der Waals surface area contributed by atoms with E-state index in [9.17, 15) is 9.59 Å². The van der Waals surface area contributed by atoms with Crippen LogP contribution in [-0.2, 0) is 20.7 Å². The molecule has 0 bridgehead atoms. The van der Waals surface area contributed by atoms with Gasteiger partial charge in [-0.15, -0.1) is 0 Å². The van der Waals surface area contributed by atoms with E-state index in [2.05, 4.69) is 0 Å². The highest BCUT2D eigenvalue weighted by Crippen LogP contribution is 2.45.